The number of likely N-dealkylation sites (tertiary alicyclic amines) is 1. The highest BCUT2D eigenvalue weighted by molar-refractivity contribution is 7.92. The third-order valence-electron chi connectivity index (χ3n) is 5.72. The Labute approximate surface area is 191 Å². The van der Waals surface area contributed by atoms with Crippen LogP contribution in [0.5, 0.6) is 5.75 Å². The molecule has 8 heteroatoms. The van der Waals surface area contributed by atoms with Gasteiger partial charge >= 0.3 is 0 Å². The lowest BCUT2D eigenvalue weighted by atomic mass is 10.1. The molecule has 0 radical (unpaired) electrons. The fraction of sp³-hybridized carbons (Fsp3) is 0.458. The van der Waals surface area contributed by atoms with E-state index in [1.54, 1.807) is 43.3 Å². The summed E-state index contributed by atoms with van der Waals surface area (Å²) in [5.74, 6) is 0.465. The number of benzene rings is 2. The standard InChI is InChI=1S/C24H33N3O4S/c1-18(17-27-13-7-4-8-14-27)16-25-24(28)20-12-11-19(2)23(15-20)32(29,30)26-21-9-5-6-10-22(21)31-3/h5-6,9-12,15,18,26H,4,7-8,13-14,16-17H2,1-3H3,(H,25,28). The molecule has 0 saturated carbocycles. The third kappa shape index (κ3) is 6.23. The number of para-hydroxylation sites is 2. The van der Waals surface area contributed by atoms with Crippen molar-refractivity contribution in [1.29, 1.82) is 0 Å². The lowest BCUT2D eigenvalue weighted by Gasteiger charge is -2.29. The summed E-state index contributed by atoms with van der Waals surface area (Å²) in [5.41, 5.74) is 1.22. The topological polar surface area (TPSA) is 87.7 Å². The number of hydrogen-bond donors (Lipinski definition) is 2. The van der Waals surface area contributed by atoms with Crippen molar-refractivity contribution < 1.29 is 17.9 Å². The number of carbonyl (C=O) groups is 1. The summed E-state index contributed by atoms with van der Waals surface area (Å²) in [6, 6.07) is 11.5. The van der Waals surface area contributed by atoms with Gasteiger partial charge in [0.25, 0.3) is 15.9 Å². The van der Waals surface area contributed by atoms with E-state index in [1.165, 1.54) is 32.4 Å². The molecule has 3 rings (SSSR count). The van der Waals surface area contributed by atoms with Gasteiger partial charge in [0.05, 0.1) is 17.7 Å². The smallest absolute Gasteiger partial charge is 0.262 e. The number of carbonyl (C=O) groups excluding carboxylic acids is 1. The molecule has 1 fully saturated rings. The molecule has 2 aromatic carbocycles. The second-order valence-electron chi connectivity index (χ2n) is 8.46. The first kappa shape index (κ1) is 24.1. The summed E-state index contributed by atoms with van der Waals surface area (Å²) < 4.78 is 33.9. The molecule has 174 valence electrons. The van der Waals surface area contributed by atoms with E-state index in [4.69, 9.17) is 4.74 Å². The van der Waals surface area contributed by atoms with Gasteiger partial charge in [-0.15, -0.1) is 0 Å². The highest BCUT2D eigenvalue weighted by atomic mass is 32.2. The molecule has 7 nitrogen and oxygen atoms in total. The lowest BCUT2D eigenvalue weighted by Crippen LogP contribution is -2.38. The van der Waals surface area contributed by atoms with Crippen molar-refractivity contribution in [3.63, 3.8) is 0 Å². The second-order valence-corrected chi connectivity index (χ2v) is 10.1. The van der Waals surface area contributed by atoms with Crippen LogP contribution < -0.4 is 14.8 Å². The van der Waals surface area contributed by atoms with Crippen LogP contribution in [-0.2, 0) is 10.0 Å². The zero-order valence-corrected chi connectivity index (χ0v) is 19.9. The van der Waals surface area contributed by atoms with E-state index in [9.17, 15) is 13.2 Å². The van der Waals surface area contributed by atoms with Gasteiger partial charge in [0.15, 0.2) is 0 Å². The molecular formula is C24H33N3O4S. The molecule has 1 amide bonds. The Bertz CT molecular complexity index is 1030. The minimum Gasteiger partial charge on any atom is -0.495 e. The van der Waals surface area contributed by atoms with E-state index in [0.29, 0.717) is 35.0 Å². The predicted octanol–water partition coefficient (Wildman–Crippen LogP) is 3.66. The Kier molecular flexibility index (Phi) is 8.15. The Hall–Kier alpha value is -2.58. The summed E-state index contributed by atoms with van der Waals surface area (Å²) >= 11 is 0. The van der Waals surface area contributed by atoms with Gasteiger partial charge in [-0.3, -0.25) is 9.52 Å². The maximum Gasteiger partial charge on any atom is 0.262 e. The first-order chi connectivity index (χ1) is 15.3. The van der Waals surface area contributed by atoms with Crippen molar-refractivity contribution in [2.24, 2.45) is 5.92 Å². The normalized spacial score (nSPS) is 15.7. The summed E-state index contributed by atoms with van der Waals surface area (Å²) in [5, 5.41) is 2.95. The van der Waals surface area contributed by atoms with Crippen LogP contribution in [0.3, 0.4) is 0 Å². The highest BCUT2D eigenvalue weighted by Crippen LogP contribution is 2.27. The van der Waals surface area contributed by atoms with Gasteiger partial charge in [0, 0.05) is 18.7 Å². The van der Waals surface area contributed by atoms with Crippen molar-refractivity contribution in [1.82, 2.24) is 10.2 Å². The quantitative estimate of drug-likeness (QED) is 0.598. The molecule has 0 aromatic heterocycles. The minimum absolute atomic E-state index is 0.0671. The first-order valence-electron chi connectivity index (χ1n) is 11.1. The Morgan fingerprint density at radius 3 is 2.56 bits per heavy atom. The van der Waals surface area contributed by atoms with Gasteiger partial charge < -0.3 is 15.0 Å². The van der Waals surface area contributed by atoms with Crippen molar-refractivity contribution in [3.05, 3.63) is 53.6 Å². The molecule has 2 N–H and O–H groups in total. The number of anilines is 1. The average Bonchev–Trinajstić information content (AvgIpc) is 2.78. The molecule has 0 spiro atoms. The minimum atomic E-state index is -3.90. The Morgan fingerprint density at radius 1 is 1.12 bits per heavy atom. The van der Waals surface area contributed by atoms with Gasteiger partial charge in [0.1, 0.15) is 5.75 Å². The molecule has 1 heterocycles. The Balaban J connectivity index is 1.68. The van der Waals surface area contributed by atoms with Gasteiger partial charge in [-0.2, -0.15) is 0 Å². The van der Waals surface area contributed by atoms with Gasteiger partial charge in [-0.1, -0.05) is 31.5 Å². The summed E-state index contributed by atoms with van der Waals surface area (Å²) in [6.07, 6.45) is 3.78. The van der Waals surface area contributed by atoms with E-state index in [2.05, 4.69) is 21.9 Å². The summed E-state index contributed by atoms with van der Waals surface area (Å²) in [4.78, 5) is 15.2. The van der Waals surface area contributed by atoms with Crippen molar-refractivity contribution in [2.45, 2.75) is 38.0 Å². The van der Waals surface area contributed by atoms with Crippen LogP contribution >= 0.6 is 0 Å². The van der Waals surface area contributed by atoms with Crippen molar-refractivity contribution in [3.8, 4) is 5.75 Å². The maximum atomic E-state index is 13.0. The lowest BCUT2D eigenvalue weighted by molar-refractivity contribution is 0.0942. The third-order valence-corrected chi connectivity index (χ3v) is 7.23. The number of sulfonamides is 1. The van der Waals surface area contributed by atoms with Crippen LogP contribution in [0, 0.1) is 12.8 Å². The highest BCUT2D eigenvalue weighted by Gasteiger charge is 2.21. The van der Waals surface area contributed by atoms with Crippen LogP contribution in [-0.4, -0.2) is 52.5 Å². The summed E-state index contributed by atoms with van der Waals surface area (Å²) in [6.45, 7) is 7.57. The average molecular weight is 460 g/mol. The van der Waals surface area contributed by atoms with Gasteiger partial charge in [-0.05, 0) is 68.6 Å². The molecule has 1 saturated heterocycles. The molecule has 1 atom stereocenters. The van der Waals surface area contributed by atoms with E-state index in [1.807, 2.05) is 0 Å². The van der Waals surface area contributed by atoms with E-state index >= 15 is 0 Å². The molecule has 0 aliphatic carbocycles. The number of piperidine rings is 1. The number of ether oxygens (including phenoxy) is 1. The van der Waals surface area contributed by atoms with Crippen LogP contribution in [0.15, 0.2) is 47.4 Å². The number of methoxy groups -OCH3 is 1. The molecule has 1 aliphatic heterocycles. The number of aryl methyl sites for hydroxylation is 1. The largest absolute Gasteiger partial charge is 0.495 e. The van der Waals surface area contributed by atoms with E-state index in [0.717, 1.165) is 19.6 Å². The van der Waals surface area contributed by atoms with E-state index in [-0.39, 0.29) is 10.8 Å². The van der Waals surface area contributed by atoms with Crippen LogP contribution in [0.25, 0.3) is 0 Å². The number of hydrogen-bond acceptors (Lipinski definition) is 5. The van der Waals surface area contributed by atoms with Gasteiger partial charge in [0.2, 0.25) is 0 Å². The number of nitrogens with zero attached hydrogens (tertiary/aromatic N) is 1. The summed E-state index contributed by atoms with van der Waals surface area (Å²) in [7, 11) is -2.42. The number of rotatable bonds is 9. The maximum absolute atomic E-state index is 13.0. The molecule has 1 aliphatic rings. The molecular weight excluding hydrogens is 426 g/mol. The van der Waals surface area contributed by atoms with Crippen LogP contribution in [0.1, 0.15) is 42.1 Å². The molecule has 2 aromatic rings. The van der Waals surface area contributed by atoms with Crippen LogP contribution in [0.2, 0.25) is 0 Å². The number of nitrogens with one attached hydrogen (secondary N) is 2. The fourth-order valence-corrected chi connectivity index (χ4v) is 5.32. The van der Waals surface area contributed by atoms with Crippen LogP contribution in [0.4, 0.5) is 5.69 Å². The zero-order chi connectivity index (χ0) is 23.1. The molecule has 32 heavy (non-hydrogen) atoms. The second kappa shape index (κ2) is 10.8. The fourth-order valence-electron chi connectivity index (χ4n) is 3.98. The first-order valence-corrected chi connectivity index (χ1v) is 12.6. The molecule has 1 unspecified atom stereocenters. The SMILES string of the molecule is COc1ccccc1NS(=O)(=O)c1cc(C(=O)NCC(C)CN2CCCCC2)ccc1C. The zero-order valence-electron chi connectivity index (χ0n) is 19.1. The van der Waals surface area contributed by atoms with E-state index < -0.39 is 10.0 Å². The Morgan fingerprint density at radius 2 is 1.84 bits per heavy atom. The van der Waals surface area contributed by atoms with Crippen molar-refractivity contribution >= 4 is 21.6 Å². The monoisotopic (exact) mass is 459 g/mol. The van der Waals surface area contributed by atoms with Crippen molar-refractivity contribution in [2.75, 3.05) is 38.0 Å². The molecule has 0 bridgehead atoms. The predicted molar refractivity (Wildman–Crippen MR) is 127 cm³/mol. The number of amides is 1. The van der Waals surface area contributed by atoms with Gasteiger partial charge in [-0.25, -0.2) is 8.42 Å².